The van der Waals surface area contributed by atoms with Crippen LogP contribution in [0.2, 0.25) is 0 Å². The summed E-state index contributed by atoms with van der Waals surface area (Å²) < 4.78 is 16.9. The average Bonchev–Trinajstić information content (AvgIpc) is 3.38. The lowest BCUT2D eigenvalue weighted by molar-refractivity contribution is -0.167. The maximum absolute atomic E-state index is 12.8. The van der Waals surface area contributed by atoms with E-state index in [1.807, 2.05) is 0 Å². The molecule has 0 aliphatic heterocycles. The van der Waals surface area contributed by atoms with Crippen molar-refractivity contribution >= 4 is 17.9 Å². The highest BCUT2D eigenvalue weighted by Gasteiger charge is 2.19. The van der Waals surface area contributed by atoms with Crippen LogP contribution in [0.3, 0.4) is 0 Å². The van der Waals surface area contributed by atoms with Crippen LogP contribution in [0.1, 0.15) is 335 Å². The molecule has 0 aliphatic rings. The van der Waals surface area contributed by atoms with Crippen molar-refractivity contribution in [2.75, 3.05) is 13.2 Å². The largest absolute Gasteiger partial charge is 0.462 e. The third-order valence-electron chi connectivity index (χ3n) is 14.0. The van der Waals surface area contributed by atoms with Gasteiger partial charge in [-0.2, -0.15) is 0 Å². The molecular formula is C66H120O6. The van der Waals surface area contributed by atoms with E-state index in [4.69, 9.17) is 14.2 Å². The van der Waals surface area contributed by atoms with Crippen molar-refractivity contribution in [1.82, 2.24) is 0 Å². The van der Waals surface area contributed by atoms with Crippen molar-refractivity contribution in [3.8, 4) is 0 Å². The summed E-state index contributed by atoms with van der Waals surface area (Å²) in [6, 6.07) is 0. The number of hydrogen-bond acceptors (Lipinski definition) is 6. The quantitative estimate of drug-likeness (QED) is 0.0261. The monoisotopic (exact) mass is 1010 g/mol. The molecule has 6 nitrogen and oxygen atoms in total. The van der Waals surface area contributed by atoms with Crippen molar-refractivity contribution in [1.29, 1.82) is 0 Å². The van der Waals surface area contributed by atoms with Crippen molar-refractivity contribution < 1.29 is 28.6 Å². The Hall–Kier alpha value is -2.63. The number of allylic oxidation sites excluding steroid dienone is 8. The van der Waals surface area contributed by atoms with Gasteiger partial charge >= 0.3 is 17.9 Å². The van der Waals surface area contributed by atoms with Crippen molar-refractivity contribution in [2.45, 2.75) is 341 Å². The zero-order chi connectivity index (χ0) is 52.2. The van der Waals surface area contributed by atoms with Crippen LogP contribution in [0, 0.1) is 0 Å². The summed E-state index contributed by atoms with van der Waals surface area (Å²) in [6.07, 6.45) is 75.7. The first-order valence-corrected chi connectivity index (χ1v) is 31.6. The zero-order valence-corrected chi connectivity index (χ0v) is 48.2. The Morgan fingerprint density at radius 2 is 0.528 bits per heavy atom. The SMILES string of the molecule is CCC/C=C\CCCCCCCC(=O)OCC(COC(=O)CCCCCCCCCCCCCCCCCC/C=C\C/C=C\C/C=C\CCCCCCC)OC(=O)CCCCCCCCCCCCCCC. The summed E-state index contributed by atoms with van der Waals surface area (Å²) in [7, 11) is 0. The molecule has 0 saturated carbocycles. The Kier molecular flexibility index (Phi) is 58.7. The van der Waals surface area contributed by atoms with E-state index in [1.165, 1.54) is 212 Å². The summed E-state index contributed by atoms with van der Waals surface area (Å²) in [5.74, 6) is -0.866. The lowest BCUT2D eigenvalue weighted by Crippen LogP contribution is -2.30. The first-order chi connectivity index (χ1) is 35.5. The molecule has 0 fully saturated rings. The van der Waals surface area contributed by atoms with Gasteiger partial charge in [-0.3, -0.25) is 14.4 Å². The Morgan fingerprint density at radius 3 is 0.847 bits per heavy atom. The second-order valence-electron chi connectivity index (χ2n) is 21.3. The fraction of sp³-hybridized carbons (Fsp3) is 0.833. The maximum atomic E-state index is 12.8. The van der Waals surface area contributed by atoms with E-state index >= 15 is 0 Å². The molecule has 0 aromatic carbocycles. The summed E-state index contributed by atoms with van der Waals surface area (Å²) in [5.41, 5.74) is 0. The Labute approximate surface area is 448 Å². The fourth-order valence-electron chi connectivity index (χ4n) is 9.28. The zero-order valence-electron chi connectivity index (χ0n) is 48.2. The van der Waals surface area contributed by atoms with Crippen LogP contribution >= 0.6 is 0 Å². The van der Waals surface area contributed by atoms with Gasteiger partial charge in [-0.15, -0.1) is 0 Å². The molecule has 0 aromatic heterocycles. The topological polar surface area (TPSA) is 78.9 Å². The predicted octanol–water partition coefficient (Wildman–Crippen LogP) is 21.4. The molecule has 6 heteroatoms. The molecule has 0 bridgehead atoms. The molecule has 1 unspecified atom stereocenters. The highest BCUT2D eigenvalue weighted by Crippen LogP contribution is 2.17. The minimum absolute atomic E-state index is 0.0714. The standard InChI is InChI=1S/C66H120O6/c1-4-7-10-13-16-19-22-24-25-26-27-28-29-30-31-32-33-34-35-36-37-38-39-40-41-43-44-47-50-53-56-59-65(68)71-62-63(61-70-64(67)58-55-52-49-46-21-18-15-12-9-6-3)72-66(69)60-57-54-51-48-45-42-23-20-17-14-11-8-5-2/h12,15,22,24,26-27,29-30,63H,4-11,13-14,16-21,23,25,28,31-62H2,1-3H3/b15-12-,24-22-,27-26-,30-29-. The normalized spacial score (nSPS) is 12.3. The molecule has 0 aliphatic carbocycles. The summed E-state index contributed by atoms with van der Waals surface area (Å²) >= 11 is 0. The van der Waals surface area contributed by atoms with E-state index in [0.29, 0.717) is 19.3 Å². The van der Waals surface area contributed by atoms with E-state index in [0.717, 1.165) is 83.5 Å². The van der Waals surface area contributed by atoms with Gasteiger partial charge in [-0.1, -0.05) is 288 Å². The molecule has 0 amide bonds. The summed E-state index contributed by atoms with van der Waals surface area (Å²) in [6.45, 7) is 6.59. The first kappa shape index (κ1) is 69.4. The molecule has 0 aromatic rings. The van der Waals surface area contributed by atoms with Crippen LogP contribution in [-0.4, -0.2) is 37.2 Å². The molecule has 420 valence electrons. The van der Waals surface area contributed by atoms with Crippen molar-refractivity contribution in [2.24, 2.45) is 0 Å². The van der Waals surface area contributed by atoms with Crippen molar-refractivity contribution in [3.05, 3.63) is 48.6 Å². The fourth-order valence-corrected chi connectivity index (χ4v) is 9.28. The highest BCUT2D eigenvalue weighted by atomic mass is 16.6. The second-order valence-corrected chi connectivity index (χ2v) is 21.3. The average molecular weight is 1010 g/mol. The van der Waals surface area contributed by atoms with E-state index in [2.05, 4.69) is 69.4 Å². The number of hydrogen-bond donors (Lipinski definition) is 0. The Bertz CT molecular complexity index is 1250. The molecule has 0 rings (SSSR count). The molecule has 0 spiro atoms. The van der Waals surface area contributed by atoms with E-state index in [1.54, 1.807) is 0 Å². The third-order valence-corrected chi connectivity index (χ3v) is 14.0. The third kappa shape index (κ3) is 58.3. The van der Waals surface area contributed by atoms with Gasteiger partial charge in [-0.25, -0.2) is 0 Å². The van der Waals surface area contributed by atoms with Crippen LogP contribution in [0.25, 0.3) is 0 Å². The second kappa shape index (κ2) is 60.9. The smallest absolute Gasteiger partial charge is 0.306 e. The van der Waals surface area contributed by atoms with E-state index in [-0.39, 0.29) is 31.1 Å². The maximum Gasteiger partial charge on any atom is 0.306 e. The van der Waals surface area contributed by atoms with Crippen LogP contribution in [-0.2, 0) is 28.6 Å². The molecule has 0 radical (unpaired) electrons. The van der Waals surface area contributed by atoms with Crippen LogP contribution in [0.5, 0.6) is 0 Å². The minimum atomic E-state index is -0.772. The number of unbranched alkanes of at least 4 members (excludes halogenated alkanes) is 39. The molecule has 0 heterocycles. The number of rotatable bonds is 58. The molecule has 0 N–H and O–H groups in total. The number of esters is 3. The Balaban J connectivity index is 4.07. The number of ether oxygens (including phenoxy) is 3. The van der Waals surface area contributed by atoms with Gasteiger partial charge in [0.2, 0.25) is 0 Å². The molecule has 0 saturated heterocycles. The predicted molar refractivity (Wildman–Crippen MR) is 312 cm³/mol. The Morgan fingerprint density at radius 1 is 0.278 bits per heavy atom. The van der Waals surface area contributed by atoms with Gasteiger partial charge in [-0.05, 0) is 77.0 Å². The lowest BCUT2D eigenvalue weighted by Gasteiger charge is -2.18. The lowest BCUT2D eigenvalue weighted by atomic mass is 10.0. The van der Waals surface area contributed by atoms with Crippen LogP contribution in [0.4, 0.5) is 0 Å². The van der Waals surface area contributed by atoms with Crippen LogP contribution in [0.15, 0.2) is 48.6 Å². The molecule has 1 atom stereocenters. The first-order valence-electron chi connectivity index (χ1n) is 31.6. The van der Waals surface area contributed by atoms with Gasteiger partial charge in [0, 0.05) is 19.3 Å². The van der Waals surface area contributed by atoms with Crippen molar-refractivity contribution in [3.63, 3.8) is 0 Å². The van der Waals surface area contributed by atoms with Gasteiger partial charge in [0.1, 0.15) is 13.2 Å². The highest BCUT2D eigenvalue weighted by molar-refractivity contribution is 5.71. The van der Waals surface area contributed by atoms with E-state index < -0.39 is 6.10 Å². The van der Waals surface area contributed by atoms with Gasteiger partial charge < -0.3 is 14.2 Å². The van der Waals surface area contributed by atoms with Gasteiger partial charge in [0.15, 0.2) is 6.10 Å². The number of carbonyl (C=O) groups is 3. The van der Waals surface area contributed by atoms with Gasteiger partial charge in [0.25, 0.3) is 0 Å². The molecular weight excluding hydrogens is 889 g/mol. The van der Waals surface area contributed by atoms with E-state index in [9.17, 15) is 14.4 Å². The molecule has 72 heavy (non-hydrogen) atoms. The van der Waals surface area contributed by atoms with Gasteiger partial charge in [0.05, 0.1) is 0 Å². The van der Waals surface area contributed by atoms with Crippen LogP contribution < -0.4 is 0 Å². The number of carbonyl (C=O) groups excluding carboxylic acids is 3. The summed E-state index contributed by atoms with van der Waals surface area (Å²) in [4.78, 5) is 38.1. The summed E-state index contributed by atoms with van der Waals surface area (Å²) in [5, 5.41) is 0. The minimum Gasteiger partial charge on any atom is -0.462 e.